The van der Waals surface area contributed by atoms with E-state index in [4.69, 9.17) is 9.52 Å². The number of carbonyl (C=O) groups is 1. The van der Waals surface area contributed by atoms with Gasteiger partial charge in [-0.15, -0.1) is 0 Å². The third-order valence-electron chi connectivity index (χ3n) is 2.71. The average molecular weight is 220 g/mol. The first-order chi connectivity index (χ1) is 7.54. The summed E-state index contributed by atoms with van der Waals surface area (Å²) in [7, 11) is 0. The number of aromatic carboxylic acids is 1. The normalized spacial score (nSPS) is 10.9. The molecule has 1 aromatic heterocycles. The van der Waals surface area contributed by atoms with Crippen molar-refractivity contribution in [2.24, 2.45) is 0 Å². The van der Waals surface area contributed by atoms with Crippen LogP contribution in [0.15, 0.2) is 16.5 Å². The molecular weight excluding hydrogens is 208 g/mol. The van der Waals surface area contributed by atoms with E-state index < -0.39 is 5.97 Å². The van der Waals surface area contributed by atoms with Crippen LogP contribution >= 0.6 is 0 Å². The monoisotopic (exact) mass is 220 g/mol. The highest BCUT2D eigenvalue weighted by atomic mass is 16.4. The average Bonchev–Trinajstić information content (AvgIpc) is 2.54. The Morgan fingerprint density at radius 1 is 1.44 bits per heavy atom. The van der Waals surface area contributed by atoms with Crippen molar-refractivity contribution in [2.75, 3.05) is 0 Å². The van der Waals surface area contributed by atoms with Gasteiger partial charge in [0.15, 0.2) is 0 Å². The number of phenols is 1. The zero-order valence-electron chi connectivity index (χ0n) is 9.07. The van der Waals surface area contributed by atoms with Crippen molar-refractivity contribution < 1.29 is 19.4 Å². The highest BCUT2D eigenvalue weighted by Gasteiger charge is 2.17. The number of aromatic hydroxyl groups is 1. The number of furan rings is 1. The first-order valence-corrected chi connectivity index (χ1v) is 5.02. The Kier molecular flexibility index (Phi) is 2.34. The summed E-state index contributed by atoms with van der Waals surface area (Å²) in [5.41, 5.74) is 1.79. The third-order valence-corrected chi connectivity index (χ3v) is 2.71. The van der Waals surface area contributed by atoms with Gasteiger partial charge in [0.25, 0.3) is 0 Å². The van der Waals surface area contributed by atoms with Gasteiger partial charge in [-0.3, -0.25) is 0 Å². The molecule has 0 saturated carbocycles. The molecule has 84 valence electrons. The summed E-state index contributed by atoms with van der Waals surface area (Å²) in [6, 6.07) is 3.24. The molecule has 2 rings (SSSR count). The van der Waals surface area contributed by atoms with Crippen LogP contribution in [0.25, 0.3) is 11.0 Å². The maximum Gasteiger partial charge on any atom is 0.372 e. The van der Waals surface area contributed by atoms with Crippen molar-refractivity contribution in [1.82, 2.24) is 0 Å². The molecule has 0 saturated heterocycles. The molecule has 0 aliphatic rings. The lowest BCUT2D eigenvalue weighted by Crippen LogP contribution is -1.95. The van der Waals surface area contributed by atoms with Gasteiger partial charge in [0.1, 0.15) is 11.3 Å². The summed E-state index contributed by atoms with van der Waals surface area (Å²) in [5, 5.41) is 19.3. The van der Waals surface area contributed by atoms with Crippen molar-refractivity contribution in [1.29, 1.82) is 0 Å². The maximum absolute atomic E-state index is 10.9. The molecule has 0 fully saturated rings. The number of phenolic OH excluding ortho intramolecular Hbond substituents is 1. The molecule has 0 aliphatic carbocycles. The molecule has 0 atom stereocenters. The second-order valence-electron chi connectivity index (χ2n) is 3.69. The zero-order valence-corrected chi connectivity index (χ0v) is 9.07. The largest absolute Gasteiger partial charge is 0.508 e. The molecule has 0 radical (unpaired) electrons. The number of aryl methyl sites for hydroxylation is 2. The van der Waals surface area contributed by atoms with Crippen LogP contribution < -0.4 is 0 Å². The fourth-order valence-electron chi connectivity index (χ4n) is 1.79. The minimum atomic E-state index is -1.09. The molecule has 1 heterocycles. The van der Waals surface area contributed by atoms with E-state index in [9.17, 15) is 9.90 Å². The minimum absolute atomic E-state index is 0.0670. The number of rotatable bonds is 2. The van der Waals surface area contributed by atoms with Gasteiger partial charge in [-0.1, -0.05) is 6.92 Å². The van der Waals surface area contributed by atoms with Crippen LogP contribution in [0, 0.1) is 6.92 Å². The second-order valence-corrected chi connectivity index (χ2v) is 3.69. The van der Waals surface area contributed by atoms with Crippen LogP contribution in [-0.4, -0.2) is 16.2 Å². The number of hydrogen-bond acceptors (Lipinski definition) is 3. The van der Waals surface area contributed by atoms with E-state index in [0.717, 1.165) is 10.9 Å². The van der Waals surface area contributed by atoms with Gasteiger partial charge in [0, 0.05) is 17.0 Å². The summed E-state index contributed by atoms with van der Waals surface area (Å²) >= 11 is 0. The first-order valence-electron chi connectivity index (χ1n) is 5.02. The molecule has 0 amide bonds. The van der Waals surface area contributed by atoms with Crippen LogP contribution in [0.4, 0.5) is 0 Å². The molecular formula is C12H12O4. The van der Waals surface area contributed by atoms with Crippen molar-refractivity contribution in [3.63, 3.8) is 0 Å². The molecule has 4 nitrogen and oxygen atoms in total. The number of fused-ring (bicyclic) bond motifs is 1. The van der Waals surface area contributed by atoms with Gasteiger partial charge >= 0.3 is 5.97 Å². The van der Waals surface area contributed by atoms with E-state index in [1.54, 1.807) is 13.0 Å². The van der Waals surface area contributed by atoms with Crippen molar-refractivity contribution in [3.05, 3.63) is 29.0 Å². The molecule has 2 aromatic rings. The summed E-state index contributed by atoms with van der Waals surface area (Å²) in [4.78, 5) is 10.9. The van der Waals surface area contributed by atoms with Gasteiger partial charge < -0.3 is 14.6 Å². The minimum Gasteiger partial charge on any atom is -0.508 e. The molecule has 0 aliphatic heterocycles. The summed E-state index contributed by atoms with van der Waals surface area (Å²) in [6.07, 6.45) is 0.689. The molecule has 0 unspecified atom stereocenters. The van der Waals surface area contributed by atoms with Crippen LogP contribution in [0.3, 0.4) is 0 Å². The number of carboxylic acid groups (broad SMARTS) is 1. The lowest BCUT2D eigenvalue weighted by Gasteiger charge is -2.00. The van der Waals surface area contributed by atoms with E-state index in [2.05, 4.69) is 0 Å². The molecule has 16 heavy (non-hydrogen) atoms. The molecule has 0 spiro atoms. The van der Waals surface area contributed by atoms with E-state index in [-0.39, 0.29) is 11.5 Å². The quantitative estimate of drug-likeness (QED) is 0.816. The van der Waals surface area contributed by atoms with E-state index in [1.165, 1.54) is 6.07 Å². The number of benzene rings is 1. The predicted octanol–water partition coefficient (Wildman–Crippen LogP) is 2.71. The lowest BCUT2D eigenvalue weighted by molar-refractivity contribution is 0.0664. The first kappa shape index (κ1) is 10.5. The van der Waals surface area contributed by atoms with Crippen LogP contribution in [0.2, 0.25) is 0 Å². The molecule has 0 bridgehead atoms. The van der Waals surface area contributed by atoms with Gasteiger partial charge in [-0.2, -0.15) is 0 Å². The van der Waals surface area contributed by atoms with Gasteiger partial charge in [0.2, 0.25) is 5.76 Å². The van der Waals surface area contributed by atoms with Crippen LogP contribution in [0.5, 0.6) is 5.75 Å². The smallest absolute Gasteiger partial charge is 0.372 e. The highest BCUT2D eigenvalue weighted by molar-refractivity contribution is 5.95. The van der Waals surface area contributed by atoms with E-state index >= 15 is 0 Å². The molecule has 2 N–H and O–H groups in total. The standard InChI is InChI=1S/C12H12O4/c1-3-7-4-8-6(2)11(12(14)15)16-10(8)5-9(7)13/h4-5,13H,3H2,1-2H3,(H,14,15). The lowest BCUT2D eigenvalue weighted by atomic mass is 10.1. The van der Waals surface area contributed by atoms with Crippen LogP contribution in [-0.2, 0) is 6.42 Å². The molecule has 1 aromatic carbocycles. The Hall–Kier alpha value is -1.97. The fourth-order valence-corrected chi connectivity index (χ4v) is 1.79. The number of carboxylic acids is 1. The summed E-state index contributed by atoms with van der Waals surface area (Å²) in [5.74, 6) is -1.02. The molecule has 4 heteroatoms. The third kappa shape index (κ3) is 1.43. The Labute approximate surface area is 92.1 Å². The van der Waals surface area contributed by atoms with Crippen LogP contribution in [0.1, 0.15) is 28.6 Å². The van der Waals surface area contributed by atoms with E-state index in [0.29, 0.717) is 17.6 Å². The van der Waals surface area contributed by atoms with Crippen molar-refractivity contribution >= 4 is 16.9 Å². The zero-order chi connectivity index (χ0) is 11.9. The maximum atomic E-state index is 10.9. The Bertz CT molecular complexity index is 566. The predicted molar refractivity (Wildman–Crippen MR) is 59.0 cm³/mol. The Balaban J connectivity index is 2.77. The number of hydrogen-bond donors (Lipinski definition) is 2. The highest BCUT2D eigenvalue weighted by Crippen LogP contribution is 2.31. The fraction of sp³-hybridized carbons (Fsp3) is 0.250. The summed E-state index contributed by atoms with van der Waals surface area (Å²) in [6.45, 7) is 3.63. The van der Waals surface area contributed by atoms with Crippen molar-refractivity contribution in [2.45, 2.75) is 20.3 Å². The van der Waals surface area contributed by atoms with E-state index in [1.807, 2.05) is 6.92 Å². The Morgan fingerprint density at radius 2 is 2.12 bits per heavy atom. The van der Waals surface area contributed by atoms with Gasteiger partial charge in [-0.25, -0.2) is 4.79 Å². The van der Waals surface area contributed by atoms with Crippen molar-refractivity contribution in [3.8, 4) is 5.75 Å². The van der Waals surface area contributed by atoms with Gasteiger partial charge in [0.05, 0.1) is 0 Å². The summed E-state index contributed by atoms with van der Waals surface area (Å²) < 4.78 is 5.18. The van der Waals surface area contributed by atoms with Gasteiger partial charge in [-0.05, 0) is 25.0 Å². The Morgan fingerprint density at radius 3 is 2.69 bits per heavy atom. The SMILES string of the molecule is CCc1cc2c(C)c(C(=O)O)oc2cc1O. The topological polar surface area (TPSA) is 70.7 Å². The second kappa shape index (κ2) is 3.56.